The summed E-state index contributed by atoms with van der Waals surface area (Å²) in [6, 6.07) is 3.85. The van der Waals surface area contributed by atoms with Crippen molar-refractivity contribution in [1.29, 1.82) is 0 Å². The van der Waals surface area contributed by atoms with Crippen molar-refractivity contribution in [2.75, 3.05) is 18.1 Å². The number of hydrogen-bond acceptors (Lipinski definition) is 4. The van der Waals surface area contributed by atoms with E-state index < -0.39 is 10.8 Å². The van der Waals surface area contributed by atoms with E-state index in [4.69, 9.17) is 5.11 Å². The summed E-state index contributed by atoms with van der Waals surface area (Å²) in [4.78, 5) is 13.0. The Balaban J connectivity index is 2.69. The molecule has 0 saturated carbocycles. The minimum absolute atomic E-state index is 0.0570. The van der Waals surface area contributed by atoms with Gasteiger partial charge in [-0.2, -0.15) is 0 Å². The predicted molar refractivity (Wildman–Crippen MR) is 79.6 cm³/mol. The highest BCUT2D eigenvalue weighted by atomic mass is 32.2. The lowest BCUT2D eigenvalue weighted by Crippen LogP contribution is -2.38. The van der Waals surface area contributed by atoms with Gasteiger partial charge in [-0.3, -0.25) is 9.00 Å². The molecular weight excluding hydrogens is 282 g/mol. The van der Waals surface area contributed by atoms with Crippen LogP contribution in [0.25, 0.3) is 0 Å². The summed E-state index contributed by atoms with van der Waals surface area (Å²) >= 11 is 1.60. The maximum absolute atomic E-state index is 11.9. The van der Waals surface area contributed by atoms with Crippen LogP contribution in [0.5, 0.6) is 0 Å². The minimum Gasteiger partial charge on any atom is -0.395 e. The number of amides is 1. The third-order valence-corrected chi connectivity index (χ3v) is 4.77. The van der Waals surface area contributed by atoms with E-state index in [0.29, 0.717) is 0 Å². The van der Waals surface area contributed by atoms with Crippen LogP contribution < -0.4 is 5.32 Å². The zero-order valence-electron chi connectivity index (χ0n) is 11.5. The molecule has 1 aromatic rings. The van der Waals surface area contributed by atoms with Gasteiger partial charge in [-0.1, -0.05) is 26.8 Å². The summed E-state index contributed by atoms with van der Waals surface area (Å²) < 4.78 is 11.5. The second-order valence-electron chi connectivity index (χ2n) is 5.39. The molecule has 19 heavy (non-hydrogen) atoms. The quantitative estimate of drug-likeness (QED) is 0.840. The van der Waals surface area contributed by atoms with Gasteiger partial charge in [0.1, 0.15) is 5.75 Å². The Labute approximate surface area is 120 Å². The fraction of sp³-hybridized carbons (Fsp3) is 0.615. The number of carbonyl (C=O) groups excluding carboxylic acids is 1. The highest BCUT2D eigenvalue weighted by molar-refractivity contribution is 7.85. The number of nitrogens with one attached hydrogen (secondary N) is 1. The van der Waals surface area contributed by atoms with Crippen LogP contribution in [0.2, 0.25) is 0 Å². The van der Waals surface area contributed by atoms with Crippen LogP contribution >= 0.6 is 11.3 Å². The van der Waals surface area contributed by atoms with Gasteiger partial charge >= 0.3 is 0 Å². The number of thiophene rings is 1. The Bertz CT molecular complexity index is 424. The fourth-order valence-corrected chi connectivity index (χ4v) is 3.44. The van der Waals surface area contributed by atoms with Crippen molar-refractivity contribution in [3.8, 4) is 0 Å². The molecule has 2 N–H and O–H groups in total. The number of rotatable bonds is 6. The molecule has 108 valence electrons. The van der Waals surface area contributed by atoms with E-state index in [1.807, 2.05) is 17.5 Å². The Morgan fingerprint density at radius 2 is 2.21 bits per heavy atom. The average Bonchev–Trinajstić information content (AvgIpc) is 2.77. The molecule has 6 heteroatoms. The summed E-state index contributed by atoms with van der Waals surface area (Å²) in [5.74, 6) is -0.148. The van der Waals surface area contributed by atoms with Crippen molar-refractivity contribution in [3.63, 3.8) is 0 Å². The molecule has 1 heterocycles. The van der Waals surface area contributed by atoms with Gasteiger partial charge in [0.05, 0.1) is 12.6 Å². The predicted octanol–water partition coefficient (Wildman–Crippen LogP) is 1.69. The Morgan fingerprint density at radius 3 is 2.68 bits per heavy atom. The van der Waals surface area contributed by atoms with Gasteiger partial charge in [-0.05, 0) is 16.9 Å². The van der Waals surface area contributed by atoms with Crippen LogP contribution in [0, 0.1) is 5.41 Å². The number of aliphatic hydroxyl groups is 1. The molecule has 1 rings (SSSR count). The van der Waals surface area contributed by atoms with Crippen molar-refractivity contribution in [1.82, 2.24) is 5.32 Å². The summed E-state index contributed by atoms with van der Waals surface area (Å²) in [7, 11) is -1.30. The standard InChI is InChI=1S/C13H21NO3S2/c1-13(2,3)12(10-5-4-7-18-10)14-11(16)9-19(17)8-6-15/h4-5,7,12,15H,6,8-9H2,1-3H3,(H,14,16). The first-order chi connectivity index (χ1) is 8.84. The highest BCUT2D eigenvalue weighted by Crippen LogP contribution is 2.34. The molecule has 0 bridgehead atoms. The van der Waals surface area contributed by atoms with Gasteiger partial charge in [0.2, 0.25) is 5.91 Å². The molecule has 0 fully saturated rings. The van der Waals surface area contributed by atoms with E-state index in [2.05, 4.69) is 26.1 Å². The van der Waals surface area contributed by atoms with Gasteiger partial charge in [0, 0.05) is 21.4 Å². The van der Waals surface area contributed by atoms with Crippen molar-refractivity contribution in [2.24, 2.45) is 5.41 Å². The molecule has 0 saturated heterocycles. The topological polar surface area (TPSA) is 66.4 Å². The molecule has 1 aromatic heterocycles. The molecule has 0 aliphatic rings. The van der Waals surface area contributed by atoms with Crippen LogP contribution in [0.15, 0.2) is 17.5 Å². The van der Waals surface area contributed by atoms with E-state index in [1.54, 1.807) is 11.3 Å². The van der Waals surface area contributed by atoms with Gasteiger partial charge in [0.25, 0.3) is 0 Å². The number of aliphatic hydroxyl groups excluding tert-OH is 1. The van der Waals surface area contributed by atoms with E-state index in [0.717, 1.165) is 4.88 Å². The van der Waals surface area contributed by atoms with Gasteiger partial charge < -0.3 is 10.4 Å². The molecule has 0 spiro atoms. The van der Waals surface area contributed by atoms with Crippen LogP contribution in [-0.4, -0.2) is 33.3 Å². The minimum atomic E-state index is -1.30. The van der Waals surface area contributed by atoms with Gasteiger partial charge in [0.15, 0.2) is 0 Å². The zero-order chi connectivity index (χ0) is 14.5. The lowest BCUT2D eigenvalue weighted by atomic mass is 9.86. The highest BCUT2D eigenvalue weighted by Gasteiger charge is 2.28. The fourth-order valence-electron chi connectivity index (χ4n) is 1.69. The first kappa shape index (κ1) is 16.3. The first-order valence-corrected chi connectivity index (χ1v) is 8.50. The van der Waals surface area contributed by atoms with E-state index in [9.17, 15) is 9.00 Å². The molecule has 2 atom stereocenters. The average molecular weight is 303 g/mol. The largest absolute Gasteiger partial charge is 0.395 e. The third-order valence-electron chi connectivity index (χ3n) is 2.61. The van der Waals surface area contributed by atoms with Crippen LogP contribution in [0.4, 0.5) is 0 Å². The molecule has 0 aliphatic carbocycles. The van der Waals surface area contributed by atoms with Crippen molar-refractivity contribution >= 4 is 28.0 Å². The second-order valence-corrected chi connectivity index (χ2v) is 7.95. The molecule has 4 nitrogen and oxygen atoms in total. The maximum atomic E-state index is 11.9. The Morgan fingerprint density at radius 1 is 1.53 bits per heavy atom. The first-order valence-electron chi connectivity index (χ1n) is 6.13. The summed E-state index contributed by atoms with van der Waals surface area (Å²) in [6.07, 6.45) is 0. The zero-order valence-corrected chi connectivity index (χ0v) is 13.1. The molecule has 1 amide bonds. The molecule has 0 aliphatic heterocycles. The molecular formula is C13H21NO3S2. The monoisotopic (exact) mass is 303 g/mol. The number of hydrogen-bond donors (Lipinski definition) is 2. The van der Waals surface area contributed by atoms with Crippen molar-refractivity contribution in [3.05, 3.63) is 22.4 Å². The van der Waals surface area contributed by atoms with Gasteiger partial charge in [-0.15, -0.1) is 11.3 Å². The van der Waals surface area contributed by atoms with Crippen molar-refractivity contribution in [2.45, 2.75) is 26.8 Å². The van der Waals surface area contributed by atoms with Crippen LogP contribution in [-0.2, 0) is 15.6 Å². The number of carbonyl (C=O) groups is 1. The molecule has 2 unspecified atom stereocenters. The third kappa shape index (κ3) is 5.42. The van der Waals surface area contributed by atoms with Gasteiger partial charge in [-0.25, -0.2) is 0 Å². The Hall–Kier alpha value is -0.720. The van der Waals surface area contributed by atoms with E-state index in [1.165, 1.54) is 0 Å². The lowest BCUT2D eigenvalue weighted by molar-refractivity contribution is -0.120. The summed E-state index contributed by atoms with van der Waals surface area (Å²) in [6.45, 7) is 6.01. The van der Waals surface area contributed by atoms with E-state index in [-0.39, 0.29) is 35.5 Å². The van der Waals surface area contributed by atoms with Crippen molar-refractivity contribution < 1.29 is 14.1 Å². The summed E-state index contributed by atoms with van der Waals surface area (Å²) in [5, 5.41) is 13.6. The lowest BCUT2D eigenvalue weighted by Gasteiger charge is -2.30. The molecule has 0 aromatic carbocycles. The SMILES string of the molecule is CC(C)(C)C(NC(=O)CS(=O)CCO)c1cccs1. The smallest absolute Gasteiger partial charge is 0.233 e. The summed E-state index contributed by atoms with van der Waals surface area (Å²) in [5.41, 5.74) is -0.112. The normalized spacial score (nSPS) is 14.9. The maximum Gasteiger partial charge on any atom is 0.233 e. The Kier molecular flexibility index (Phi) is 6.16. The molecule has 0 radical (unpaired) electrons. The van der Waals surface area contributed by atoms with Crippen LogP contribution in [0.3, 0.4) is 0 Å². The van der Waals surface area contributed by atoms with Crippen LogP contribution in [0.1, 0.15) is 31.7 Å². The van der Waals surface area contributed by atoms with E-state index >= 15 is 0 Å². The second kappa shape index (κ2) is 7.17.